The first kappa shape index (κ1) is 21.4. The normalized spacial score (nSPS) is 13.9. The van der Waals surface area contributed by atoms with Crippen molar-refractivity contribution >= 4 is 34.8 Å². The number of aromatic nitrogens is 3. The van der Waals surface area contributed by atoms with Crippen LogP contribution in [0.3, 0.4) is 0 Å². The number of hydrogen-bond donors (Lipinski definition) is 0. The topological polar surface area (TPSA) is 69.5 Å². The summed E-state index contributed by atoms with van der Waals surface area (Å²) < 4.78 is 25.9. The lowest BCUT2D eigenvalue weighted by molar-refractivity contribution is 0.104. The summed E-state index contributed by atoms with van der Waals surface area (Å²) in [7, 11) is 1.65. The summed E-state index contributed by atoms with van der Waals surface area (Å²) >= 11 is 0.0111. The maximum atomic E-state index is 13.6. The number of carbonyl (C=O) groups is 1. The van der Waals surface area contributed by atoms with E-state index in [1.54, 1.807) is 37.8 Å². The first-order valence-electron chi connectivity index (χ1n) is 10.5. The van der Waals surface area contributed by atoms with E-state index >= 15 is 0 Å². The number of carbonyl (C=O) groups excluding carboxylic acids is 1. The second-order valence-electron chi connectivity index (χ2n) is 7.58. The summed E-state index contributed by atoms with van der Waals surface area (Å²) in [6, 6.07) is 11.1. The van der Waals surface area contributed by atoms with Crippen LogP contribution in [0, 0.1) is 0 Å². The van der Waals surface area contributed by atoms with Crippen LogP contribution in [0.2, 0.25) is 0 Å². The van der Waals surface area contributed by atoms with Gasteiger partial charge in [-0.2, -0.15) is 0 Å². The van der Waals surface area contributed by atoms with Crippen molar-refractivity contribution in [1.82, 2.24) is 13.9 Å². The standard InChI is InChI=1S/C24H21FN4O3S/c1-31-22-13-17(2-3-21(22)28-8-10-32-11-9-28)18-12-19-20(15-29(33-25)24(19)27-14-18)23(30)16-4-6-26-7-5-16/h2-7,12-15H,8-11H2,1H3. The van der Waals surface area contributed by atoms with E-state index in [-0.39, 0.29) is 18.1 Å². The Labute approximate surface area is 194 Å². The molecule has 0 spiro atoms. The molecule has 1 aliphatic heterocycles. The zero-order valence-corrected chi connectivity index (χ0v) is 18.7. The number of nitrogens with zero attached hydrogens (tertiary/aromatic N) is 4. The van der Waals surface area contributed by atoms with Crippen molar-refractivity contribution in [3.05, 3.63) is 72.3 Å². The molecule has 1 aromatic carbocycles. The molecular weight excluding hydrogens is 443 g/mol. The summed E-state index contributed by atoms with van der Waals surface area (Å²) in [5.74, 6) is 0.536. The fourth-order valence-electron chi connectivity index (χ4n) is 4.05. The summed E-state index contributed by atoms with van der Waals surface area (Å²) in [4.78, 5) is 23.8. The molecule has 4 heterocycles. The van der Waals surface area contributed by atoms with Gasteiger partial charge in [0.15, 0.2) is 23.8 Å². The highest BCUT2D eigenvalue weighted by molar-refractivity contribution is 7.92. The van der Waals surface area contributed by atoms with Crippen molar-refractivity contribution in [1.29, 1.82) is 0 Å². The predicted molar refractivity (Wildman–Crippen MR) is 127 cm³/mol. The number of halogens is 1. The van der Waals surface area contributed by atoms with Crippen LogP contribution in [0.25, 0.3) is 22.2 Å². The molecule has 0 N–H and O–H groups in total. The number of pyridine rings is 2. The van der Waals surface area contributed by atoms with Crippen molar-refractivity contribution in [2.45, 2.75) is 0 Å². The summed E-state index contributed by atoms with van der Waals surface area (Å²) in [5, 5.41) is 0.579. The van der Waals surface area contributed by atoms with Crippen LogP contribution in [0.15, 0.2) is 61.2 Å². The van der Waals surface area contributed by atoms with E-state index in [0.717, 1.165) is 35.7 Å². The van der Waals surface area contributed by atoms with Gasteiger partial charge in [-0.3, -0.25) is 9.78 Å². The first-order chi connectivity index (χ1) is 16.2. The Morgan fingerprint density at radius 1 is 1.12 bits per heavy atom. The molecule has 7 nitrogen and oxygen atoms in total. The van der Waals surface area contributed by atoms with Gasteiger partial charge in [0.05, 0.1) is 31.6 Å². The van der Waals surface area contributed by atoms with Gasteiger partial charge in [-0.05, 0) is 35.9 Å². The Morgan fingerprint density at radius 3 is 2.64 bits per heavy atom. The van der Waals surface area contributed by atoms with Crippen LogP contribution in [0.5, 0.6) is 5.75 Å². The number of fused-ring (bicyclic) bond motifs is 1. The van der Waals surface area contributed by atoms with E-state index in [0.29, 0.717) is 35.4 Å². The monoisotopic (exact) mass is 464 g/mol. The average Bonchev–Trinajstić information content (AvgIpc) is 3.27. The maximum absolute atomic E-state index is 13.6. The van der Waals surface area contributed by atoms with E-state index in [4.69, 9.17) is 9.47 Å². The third-order valence-electron chi connectivity index (χ3n) is 5.74. The summed E-state index contributed by atoms with van der Waals surface area (Å²) in [5.41, 5.74) is 3.95. The second-order valence-corrected chi connectivity index (χ2v) is 8.12. The molecule has 0 unspecified atom stereocenters. The molecule has 168 valence electrons. The Kier molecular flexibility index (Phi) is 5.97. The minimum Gasteiger partial charge on any atom is -0.495 e. The minimum absolute atomic E-state index is 0.0111. The molecule has 0 saturated carbocycles. The number of methoxy groups -OCH3 is 1. The fourth-order valence-corrected chi connectivity index (χ4v) is 4.41. The van der Waals surface area contributed by atoms with Gasteiger partial charge in [0.2, 0.25) is 0 Å². The van der Waals surface area contributed by atoms with E-state index in [1.807, 2.05) is 24.3 Å². The van der Waals surface area contributed by atoms with Gasteiger partial charge in [0, 0.05) is 54.4 Å². The van der Waals surface area contributed by atoms with Crippen LogP contribution in [-0.4, -0.2) is 53.1 Å². The quantitative estimate of drug-likeness (QED) is 0.388. The molecule has 1 saturated heterocycles. The molecule has 0 radical (unpaired) electrons. The lowest BCUT2D eigenvalue weighted by atomic mass is 10.0. The van der Waals surface area contributed by atoms with Gasteiger partial charge in [-0.1, -0.05) is 6.07 Å². The molecule has 5 rings (SSSR count). The number of benzene rings is 1. The summed E-state index contributed by atoms with van der Waals surface area (Å²) in [6.07, 6.45) is 6.28. The molecule has 0 atom stereocenters. The van der Waals surface area contributed by atoms with Gasteiger partial charge < -0.3 is 14.4 Å². The third kappa shape index (κ3) is 4.05. The molecule has 1 aliphatic rings. The number of rotatable bonds is 6. The van der Waals surface area contributed by atoms with Crippen LogP contribution in [-0.2, 0) is 4.74 Å². The van der Waals surface area contributed by atoms with Crippen molar-refractivity contribution < 1.29 is 18.2 Å². The molecule has 9 heteroatoms. The largest absolute Gasteiger partial charge is 0.495 e. The molecule has 4 aromatic rings. The molecular formula is C24H21FN4O3S. The number of ketones is 1. The predicted octanol–water partition coefficient (Wildman–Crippen LogP) is 4.56. The van der Waals surface area contributed by atoms with Crippen LogP contribution in [0.4, 0.5) is 9.57 Å². The Hall–Kier alpha value is -3.43. The first-order valence-corrected chi connectivity index (χ1v) is 11.1. The van der Waals surface area contributed by atoms with Gasteiger partial charge in [-0.15, -0.1) is 3.89 Å². The second kappa shape index (κ2) is 9.21. The van der Waals surface area contributed by atoms with Crippen molar-refractivity contribution in [3.8, 4) is 16.9 Å². The highest BCUT2D eigenvalue weighted by Crippen LogP contribution is 2.35. The van der Waals surface area contributed by atoms with Gasteiger partial charge in [-0.25, -0.2) is 8.96 Å². The zero-order valence-electron chi connectivity index (χ0n) is 17.9. The molecule has 33 heavy (non-hydrogen) atoms. The lowest BCUT2D eigenvalue weighted by Gasteiger charge is -2.30. The van der Waals surface area contributed by atoms with Crippen molar-refractivity contribution in [3.63, 3.8) is 0 Å². The Morgan fingerprint density at radius 2 is 1.91 bits per heavy atom. The fraction of sp³-hybridized carbons (Fsp3) is 0.208. The van der Waals surface area contributed by atoms with E-state index in [9.17, 15) is 8.68 Å². The van der Waals surface area contributed by atoms with E-state index < -0.39 is 0 Å². The lowest BCUT2D eigenvalue weighted by Crippen LogP contribution is -2.36. The Bertz CT molecular complexity index is 1310. The number of hydrogen-bond acceptors (Lipinski definition) is 7. The Balaban J connectivity index is 1.57. The SMILES string of the molecule is COc1cc(-c2cnc3c(c2)c(C(=O)c2ccncc2)cn3SF)ccc1N1CCOCC1. The van der Waals surface area contributed by atoms with Crippen molar-refractivity contribution in [2.24, 2.45) is 0 Å². The molecule has 0 bridgehead atoms. The zero-order chi connectivity index (χ0) is 22.8. The average molecular weight is 465 g/mol. The van der Waals surface area contributed by atoms with Crippen LogP contribution >= 0.6 is 12.3 Å². The van der Waals surface area contributed by atoms with Gasteiger partial charge in [0.1, 0.15) is 5.75 Å². The third-order valence-corrected chi connectivity index (χ3v) is 6.17. The number of anilines is 1. The summed E-state index contributed by atoms with van der Waals surface area (Å²) in [6.45, 7) is 2.98. The molecule has 1 fully saturated rings. The number of ether oxygens (including phenoxy) is 2. The van der Waals surface area contributed by atoms with Crippen molar-refractivity contribution in [2.75, 3.05) is 38.3 Å². The van der Waals surface area contributed by atoms with Gasteiger partial charge >= 0.3 is 0 Å². The molecule has 0 amide bonds. The highest BCUT2D eigenvalue weighted by atomic mass is 32.2. The van der Waals surface area contributed by atoms with E-state index in [1.165, 1.54) is 10.2 Å². The smallest absolute Gasteiger partial charge is 0.195 e. The van der Waals surface area contributed by atoms with Gasteiger partial charge in [0.25, 0.3) is 0 Å². The van der Waals surface area contributed by atoms with Crippen LogP contribution < -0.4 is 9.64 Å². The van der Waals surface area contributed by atoms with Crippen LogP contribution in [0.1, 0.15) is 15.9 Å². The van der Waals surface area contributed by atoms with E-state index in [2.05, 4.69) is 14.9 Å². The highest BCUT2D eigenvalue weighted by Gasteiger charge is 2.20. The molecule has 0 aliphatic carbocycles. The molecule has 3 aromatic heterocycles. The minimum atomic E-state index is -0.214. The maximum Gasteiger partial charge on any atom is 0.195 e. The number of morpholine rings is 1.